The fourth-order valence-electron chi connectivity index (χ4n) is 4.93. The van der Waals surface area contributed by atoms with E-state index >= 15 is 0 Å². The molecule has 2 atom stereocenters. The van der Waals surface area contributed by atoms with Crippen LogP contribution in [0.2, 0.25) is 0 Å². The Labute approximate surface area is 247 Å². The van der Waals surface area contributed by atoms with Crippen LogP contribution in [0.3, 0.4) is 0 Å². The molecule has 0 radical (unpaired) electrons. The molecule has 3 aliphatic heterocycles. The zero-order valence-electron chi connectivity index (χ0n) is 23.8. The summed E-state index contributed by atoms with van der Waals surface area (Å²) in [5, 5.41) is 3.30. The van der Waals surface area contributed by atoms with Crippen LogP contribution in [0.1, 0.15) is 37.9 Å². The average Bonchev–Trinajstić information content (AvgIpc) is 3.29. The number of allylic oxidation sites excluding steroid dienone is 1. The van der Waals surface area contributed by atoms with Gasteiger partial charge in [-0.1, -0.05) is 23.9 Å². The maximum atomic E-state index is 14.0. The number of benzene rings is 2. The SMILES string of the molecule is CCOC(=O)COc1ccc(C2C(C(=O)OCC)=C(C)NC3SC(=Cc4ccc5c(c4)OCCO5)C(=O)N32)cc1OC. The summed E-state index contributed by atoms with van der Waals surface area (Å²) < 4.78 is 32.8. The second-order valence-corrected chi connectivity index (χ2v) is 10.5. The van der Waals surface area contributed by atoms with Crippen molar-refractivity contribution in [2.75, 3.05) is 40.1 Å². The Hall–Kier alpha value is -4.32. The van der Waals surface area contributed by atoms with Crippen LogP contribution in [-0.4, -0.2) is 68.4 Å². The first-order valence-electron chi connectivity index (χ1n) is 13.6. The summed E-state index contributed by atoms with van der Waals surface area (Å²) in [4.78, 5) is 41.2. The van der Waals surface area contributed by atoms with Gasteiger partial charge in [0.1, 0.15) is 13.2 Å². The van der Waals surface area contributed by atoms with E-state index in [2.05, 4.69) is 5.32 Å². The summed E-state index contributed by atoms with van der Waals surface area (Å²) in [5.74, 6) is 0.640. The molecule has 1 N–H and O–H groups in total. The van der Waals surface area contributed by atoms with Crippen molar-refractivity contribution in [2.45, 2.75) is 32.3 Å². The molecule has 42 heavy (non-hydrogen) atoms. The molecule has 2 aromatic rings. The van der Waals surface area contributed by atoms with Gasteiger partial charge in [0.15, 0.2) is 35.1 Å². The highest BCUT2D eigenvalue weighted by Crippen LogP contribution is 2.48. The Balaban J connectivity index is 1.50. The van der Waals surface area contributed by atoms with Gasteiger partial charge < -0.3 is 33.7 Å². The normalized spacial score (nSPS) is 20.1. The van der Waals surface area contributed by atoms with Crippen LogP contribution in [0.5, 0.6) is 23.0 Å². The maximum Gasteiger partial charge on any atom is 0.344 e. The van der Waals surface area contributed by atoms with E-state index in [-0.39, 0.29) is 25.7 Å². The van der Waals surface area contributed by atoms with Gasteiger partial charge in [0.2, 0.25) is 0 Å². The van der Waals surface area contributed by atoms with Crippen LogP contribution in [0, 0.1) is 0 Å². The van der Waals surface area contributed by atoms with Crippen molar-refractivity contribution in [1.29, 1.82) is 0 Å². The number of thioether (sulfide) groups is 1. The molecule has 1 amide bonds. The van der Waals surface area contributed by atoms with E-state index in [1.54, 1.807) is 49.9 Å². The number of nitrogens with one attached hydrogen (secondary N) is 1. The Morgan fingerprint density at radius 3 is 2.55 bits per heavy atom. The average molecular weight is 597 g/mol. The number of ether oxygens (including phenoxy) is 6. The predicted molar refractivity (Wildman–Crippen MR) is 154 cm³/mol. The molecule has 0 spiro atoms. The molecule has 0 aliphatic carbocycles. The van der Waals surface area contributed by atoms with E-state index in [4.69, 9.17) is 28.4 Å². The van der Waals surface area contributed by atoms with Gasteiger partial charge in [-0.25, -0.2) is 9.59 Å². The topological polar surface area (TPSA) is 122 Å². The zero-order chi connectivity index (χ0) is 29.8. The van der Waals surface area contributed by atoms with E-state index in [1.165, 1.54) is 18.9 Å². The van der Waals surface area contributed by atoms with Gasteiger partial charge in [-0.2, -0.15) is 0 Å². The number of methoxy groups -OCH3 is 1. The monoisotopic (exact) mass is 596 g/mol. The molecule has 0 saturated carbocycles. The Morgan fingerprint density at radius 2 is 1.81 bits per heavy atom. The van der Waals surface area contributed by atoms with Gasteiger partial charge in [0.05, 0.1) is 36.8 Å². The lowest BCUT2D eigenvalue weighted by molar-refractivity contribution is -0.145. The predicted octanol–water partition coefficient (Wildman–Crippen LogP) is 3.79. The third-order valence-corrected chi connectivity index (χ3v) is 7.86. The molecule has 2 unspecified atom stereocenters. The lowest BCUT2D eigenvalue weighted by Crippen LogP contribution is -2.50. The maximum absolute atomic E-state index is 14.0. The molecule has 12 heteroatoms. The first-order valence-corrected chi connectivity index (χ1v) is 14.4. The van der Waals surface area contributed by atoms with Crippen LogP contribution < -0.4 is 24.3 Å². The number of rotatable bonds is 9. The third-order valence-electron chi connectivity index (χ3n) is 6.75. The molecule has 1 saturated heterocycles. The first kappa shape index (κ1) is 29.2. The molecule has 3 aliphatic rings. The highest BCUT2D eigenvalue weighted by Gasteiger charge is 2.48. The Bertz CT molecular complexity index is 1450. The third kappa shape index (κ3) is 5.85. The van der Waals surface area contributed by atoms with Crippen LogP contribution >= 0.6 is 11.8 Å². The standard InChI is InChI=1S/C30H32N2O9S/c1-5-37-25(33)16-41-20-10-8-19(15-22(20)36-4)27-26(29(35)38-6-2)17(3)31-30-32(27)28(34)24(42-30)14-18-7-9-21-23(13-18)40-12-11-39-21/h7-10,13-15,27,30-31H,5-6,11-12,16H2,1-4H3. The van der Waals surface area contributed by atoms with Gasteiger partial charge in [-0.05, 0) is 62.2 Å². The van der Waals surface area contributed by atoms with Crippen molar-refractivity contribution in [3.8, 4) is 23.0 Å². The highest BCUT2D eigenvalue weighted by atomic mass is 32.2. The molecule has 1 fully saturated rings. The van der Waals surface area contributed by atoms with E-state index in [0.717, 1.165) is 5.56 Å². The van der Waals surface area contributed by atoms with Crippen molar-refractivity contribution < 1.29 is 42.8 Å². The van der Waals surface area contributed by atoms with Gasteiger partial charge in [0.25, 0.3) is 5.91 Å². The van der Waals surface area contributed by atoms with Crippen LogP contribution in [0.25, 0.3) is 6.08 Å². The molecule has 2 aromatic carbocycles. The lowest BCUT2D eigenvalue weighted by atomic mass is 9.93. The molecule has 3 heterocycles. The van der Waals surface area contributed by atoms with E-state index in [0.29, 0.717) is 58.0 Å². The number of carbonyl (C=O) groups is 3. The van der Waals surface area contributed by atoms with E-state index < -0.39 is 23.5 Å². The van der Waals surface area contributed by atoms with Crippen molar-refractivity contribution >= 4 is 35.7 Å². The van der Waals surface area contributed by atoms with Crippen LogP contribution in [0.15, 0.2) is 52.6 Å². The van der Waals surface area contributed by atoms with Crippen molar-refractivity contribution in [3.63, 3.8) is 0 Å². The summed E-state index contributed by atoms with van der Waals surface area (Å²) in [6.07, 6.45) is 1.80. The van der Waals surface area contributed by atoms with E-state index in [9.17, 15) is 14.4 Å². The summed E-state index contributed by atoms with van der Waals surface area (Å²) in [7, 11) is 1.47. The van der Waals surface area contributed by atoms with E-state index in [1.807, 2.05) is 18.2 Å². The van der Waals surface area contributed by atoms with Gasteiger partial charge in [0, 0.05) is 5.70 Å². The highest BCUT2D eigenvalue weighted by molar-refractivity contribution is 8.05. The number of esters is 2. The molecule has 222 valence electrons. The van der Waals surface area contributed by atoms with Gasteiger partial charge in [-0.15, -0.1) is 0 Å². The van der Waals surface area contributed by atoms with Crippen molar-refractivity contribution in [1.82, 2.24) is 10.2 Å². The summed E-state index contributed by atoms with van der Waals surface area (Å²) >= 11 is 1.35. The second kappa shape index (κ2) is 12.7. The first-order chi connectivity index (χ1) is 20.3. The van der Waals surface area contributed by atoms with Gasteiger partial charge in [-0.3, -0.25) is 9.69 Å². The molecule has 0 aromatic heterocycles. The van der Waals surface area contributed by atoms with Crippen molar-refractivity contribution in [2.24, 2.45) is 0 Å². The minimum Gasteiger partial charge on any atom is -0.493 e. The Kier molecular flexibility index (Phi) is 8.81. The molecule has 11 nitrogen and oxygen atoms in total. The molecule has 0 bridgehead atoms. The second-order valence-electron chi connectivity index (χ2n) is 9.40. The number of amides is 1. The Morgan fingerprint density at radius 1 is 1.05 bits per heavy atom. The number of hydrogen-bond acceptors (Lipinski definition) is 11. The quantitative estimate of drug-likeness (QED) is 0.336. The summed E-state index contributed by atoms with van der Waals surface area (Å²) in [5.41, 5.74) is 1.83. The molecular formula is C30H32N2O9S. The summed E-state index contributed by atoms with van der Waals surface area (Å²) in [6, 6.07) is 9.82. The lowest BCUT2D eigenvalue weighted by Gasteiger charge is -2.39. The number of fused-ring (bicyclic) bond motifs is 2. The largest absolute Gasteiger partial charge is 0.493 e. The zero-order valence-corrected chi connectivity index (χ0v) is 24.6. The van der Waals surface area contributed by atoms with Crippen LogP contribution in [0.4, 0.5) is 0 Å². The summed E-state index contributed by atoms with van der Waals surface area (Å²) in [6.45, 7) is 6.30. The fraction of sp³-hybridized carbons (Fsp3) is 0.367. The number of carbonyl (C=O) groups excluding carboxylic acids is 3. The number of hydrogen-bond donors (Lipinski definition) is 1. The number of nitrogens with zero attached hydrogens (tertiary/aromatic N) is 1. The smallest absolute Gasteiger partial charge is 0.344 e. The molecular weight excluding hydrogens is 564 g/mol. The fourth-order valence-corrected chi connectivity index (χ4v) is 6.15. The molecule has 5 rings (SSSR count). The minimum atomic E-state index is -0.783. The van der Waals surface area contributed by atoms with Crippen LogP contribution in [-0.2, 0) is 23.9 Å². The minimum absolute atomic E-state index is 0.174. The van der Waals surface area contributed by atoms with Crippen molar-refractivity contribution in [3.05, 3.63) is 63.7 Å². The van der Waals surface area contributed by atoms with Gasteiger partial charge >= 0.3 is 11.9 Å².